The van der Waals surface area contributed by atoms with Crippen LogP contribution in [0, 0.1) is 34.5 Å². The lowest BCUT2D eigenvalue weighted by Crippen LogP contribution is -2.49. The first-order valence-corrected chi connectivity index (χ1v) is 10.2. The lowest BCUT2D eigenvalue weighted by molar-refractivity contribution is -0.134. The van der Waals surface area contributed by atoms with E-state index in [0.717, 1.165) is 19.8 Å². The fraction of sp³-hybridized carbons (Fsp3) is 0.696. The van der Waals surface area contributed by atoms with Gasteiger partial charge in [-0.15, -0.1) is 0 Å². The summed E-state index contributed by atoms with van der Waals surface area (Å²) in [7, 11) is 0. The van der Waals surface area contributed by atoms with Gasteiger partial charge in [0.2, 0.25) is 0 Å². The molecule has 6 atom stereocenters. The van der Waals surface area contributed by atoms with Gasteiger partial charge >= 0.3 is 0 Å². The summed E-state index contributed by atoms with van der Waals surface area (Å²) in [4.78, 5) is 33.0. The molecule has 0 heterocycles. The Hall–Kier alpha value is -1.71. The molecule has 2 saturated carbocycles. The Balaban J connectivity index is 0.000000481. The number of hydrogen-bond acceptors (Lipinski definition) is 3. The third-order valence-electron chi connectivity index (χ3n) is 8.01. The molecule has 4 heteroatoms. The maximum absolute atomic E-state index is 12.1. The van der Waals surface area contributed by atoms with Crippen LogP contribution in [-0.4, -0.2) is 22.6 Å². The van der Waals surface area contributed by atoms with E-state index in [4.69, 9.17) is 9.90 Å². The van der Waals surface area contributed by atoms with Crippen molar-refractivity contribution in [1.29, 1.82) is 0 Å². The maximum atomic E-state index is 12.1. The molecule has 0 saturated heterocycles. The van der Waals surface area contributed by atoms with E-state index in [9.17, 15) is 9.59 Å². The largest absolute Gasteiger partial charge is 0.481 e. The Bertz CT molecular complexity index is 714. The van der Waals surface area contributed by atoms with Crippen molar-refractivity contribution in [3.63, 3.8) is 0 Å². The summed E-state index contributed by atoms with van der Waals surface area (Å²) >= 11 is 0. The van der Waals surface area contributed by atoms with Crippen LogP contribution in [0.2, 0.25) is 0 Å². The molecule has 4 aliphatic rings. The number of ketones is 2. The predicted molar refractivity (Wildman–Crippen MR) is 104 cm³/mol. The van der Waals surface area contributed by atoms with Crippen LogP contribution in [0.5, 0.6) is 0 Å². The minimum Gasteiger partial charge on any atom is -0.481 e. The Morgan fingerprint density at radius 3 is 2.37 bits per heavy atom. The number of hydrogen-bond donors (Lipinski definition) is 1. The molecule has 0 radical (unpaired) electrons. The van der Waals surface area contributed by atoms with Gasteiger partial charge in [-0.2, -0.15) is 0 Å². The van der Waals surface area contributed by atoms with E-state index in [-0.39, 0.29) is 16.7 Å². The van der Waals surface area contributed by atoms with Crippen molar-refractivity contribution in [3.8, 4) is 0 Å². The molecule has 27 heavy (non-hydrogen) atoms. The van der Waals surface area contributed by atoms with Crippen LogP contribution in [0.1, 0.15) is 66.2 Å². The van der Waals surface area contributed by atoms with Crippen LogP contribution in [-0.2, 0) is 14.4 Å². The van der Waals surface area contributed by atoms with Crippen LogP contribution in [0.15, 0.2) is 23.8 Å². The molecule has 0 unspecified atom stereocenters. The quantitative estimate of drug-likeness (QED) is 0.731. The highest BCUT2D eigenvalue weighted by atomic mass is 16.4. The second-order valence-corrected chi connectivity index (χ2v) is 9.44. The Morgan fingerprint density at radius 1 is 1.07 bits per heavy atom. The van der Waals surface area contributed by atoms with Crippen molar-refractivity contribution in [2.24, 2.45) is 34.5 Å². The summed E-state index contributed by atoms with van der Waals surface area (Å²) < 4.78 is 0. The number of carbonyl (C=O) groups excluding carboxylic acids is 2. The van der Waals surface area contributed by atoms with Gasteiger partial charge in [0.15, 0.2) is 5.78 Å². The summed E-state index contributed by atoms with van der Waals surface area (Å²) in [5, 5.41) is 7.42. The molecular weight excluding hydrogens is 340 g/mol. The maximum Gasteiger partial charge on any atom is 0.300 e. The van der Waals surface area contributed by atoms with Crippen molar-refractivity contribution in [1.82, 2.24) is 0 Å². The number of carboxylic acids is 1. The van der Waals surface area contributed by atoms with E-state index in [1.165, 1.54) is 24.8 Å². The second-order valence-electron chi connectivity index (χ2n) is 9.44. The zero-order chi connectivity index (χ0) is 20.0. The minimum atomic E-state index is -0.833. The molecule has 0 aromatic heterocycles. The number of Topliss-reactive ketones (excluding diaryl/α,β-unsaturated/α-hetero) is 1. The van der Waals surface area contributed by atoms with Crippen LogP contribution < -0.4 is 0 Å². The monoisotopic (exact) mass is 372 g/mol. The molecule has 148 valence electrons. The third kappa shape index (κ3) is 3.32. The number of rotatable bonds is 1. The summed E-state index contributed by atoms with van der Waals surface area (Å²) in [6, 6.07) is 0. The number of carboxylic acid groups (broad SMARTS) is 1. The van der Waals surface area contributed by atoms with E-state index in [0.29, 0.717) is 35.7 Å². The van der Waals surface area contributed by atoms with Crippen molar-refractivity contribution in [2.75, 3.05) is 0 Å². The minimum absolute atomic E-state index is 0.170. The van der Waals surface area contributed by atoms with Crippen molar-refractivity contribution in [3.05, 3.63) is 23.8 Å². The van der Waals surface area contributed by atoms with E-state index in [1.807, 2.05) is 6.08 Å². The van der Waals surface area contributed by atoms with Gasteiger partial charge in [-0.05, 0) is 79.3 Å². The molecular formula is C23H32O4. The Kier molecular flexibility index (Phi) is 5.22. The predicted octanol–water partition coefficient (Wildman–Crippen LogP) is 4.59. The van der Waals surface area contributed by atoms with Gasteiger partial charge in [-0.1, -0.05) is 26.0 Å². The van der Waals surface area contributed by atoms with Gasteiger partial charge in [0.1, 0.15) is 5.78 Å². The number of carbonyl (C=O) groups is 3. The highest BCUT2D eigenvalue weighted by Gasteiger charge is 2.58. The van der Waals surface area contributed by atoms with Gasteiger partial charge in [0.05, 0.1) is 0 Å². The van der Waals surface area contributed by atoms with Crippen LogP contribution in [0.4, 0.5) is 0 Å². The second kappa shape index (κ2) is 7.03. The van der Waals surface area contributed by atoms with E-state index in [2.05, 4.69) is 26.0 Å². The van der Waals surface area contributed by atoms with Crippen LogP contribution >= 0.6 is 0 Å². The number of aliphatic carboxylic acids is 1. The van der Waals surface area contributed by atoms with E-state index in [1.54, 1.807) is 6.92 Å². The molecule has 0 amide bonds. The highest BCUT2D eigenvalue weighted by Crippen LogP contribution is 2.65. The zero-order valence-corrected chi connectivity index (χ0v) is 17.0. The average Bonchev–Trinajstić information content (AvgIpc) is 2.92. The fourth-order valence-electron chi connectivity index (χ4n) is 6.66. The summed E-state index contributed by atoms with van der Waals surface area (Å²) in [6.45, 7) is 7.63. The van der Waals surface area contributed by atoms with Gasteiger partial charge in [-0.3, -0.25) is 14.4 Å². The first-order valence-electron chi connectivity index (χ1n) is 10.2. The van der Waals surface area contributed by atoms with E-state index < -0.39 is 5.97 Å². The summed E-state index contributed by atoms with van der Waals surface area (Å²) in [6.07, 6.45) is 12.9. The molecule has 4 aliphatic carbocycles. The van der Waals surface area contributed by atoms with E-state index >= 15 is 0 Å². The summed E-state index contributed by atoms with van der Waals surface area (Å²) in [5.41, 5.74) is 1.63. The normalized spacial score (nSPS) is 42.1. The Labute approximate surface area is 162 Å². The van der Waals surface area contributed by atoms with Gasteiger partial charge in [0, 0.05) is 19.3 Å². The average molecular weight is 373 g/mol. The summed E-state index contributed by atoms with van der Waals surface area (Å²) in [5.74, 6) is 1.99. The Morgan fingerprint density at radius 2 is 1.74 bits per heavy atom. The molecule has 0 spiro atoms. The zero-order valence-electron chi connectivity index (χ0n) is 17.0. The lowest BCUT2D eigenvalue weighted by Gasteiger charge is -2.55. The molecule has 1 N–H and O–H groups in total. The van der Waals surface area contributed by atoms with Gasteiger partial charge in [-0.25, -0.2) is 0 Å². The fourth-order valence-corrected chi connectivity index (χ4v) is 6.66. The van der Waals surface area contributed by atoms with Crippen LogP contribution in [0.25, 0.3) is 0 Å². The van der Waals surface area contributed by atoms with Crippen molar-refractivity contribution < 1.29 is 19.5 Å². The SMILES string of the molecule is CC(=O)O.CC(=O)[C@H]1CC[C@H]2[C@@H]3C=CC4=CC(=O)CC[C@]4(C)[C@H]3CC[C@]12C. The molecule has 4 rings (SSSR count). The number of fused-ring (bicyclic) bond motifs is 5. The van der Waals surface area contributed by atoms with Crippen molar-refractivity contribution in [2.45, 2.75) is 66.2 Å². The molecule has 0 aromatic rings. The molecule has 4 nitrogen and oxygen atoms in total. The highest BCUT2D eigenvalue weighted by molar-refractivity contribution is 5.92. The lowest BCUT2D eigenvalue weighted by atomic mass is 9.48. The van der Waals surface area contributed by atoms with Gasteiger partial charge < -0.3 is 5.11 Å². The third-order valence-corrected chi connectivity index (χ3v) is 8.01. The number of allylic oxidation sites excluding steroid dienone is 4. The molecule has 0 aliphatic heterocycles. The topological polar surface area (TPSA) is 71.4 Å². The molecule has 2 fully saturated rings. The van der Waals surface area contributed by atoms with Gasteiger partial charge in [0.25, 0.3) is 5.97 Å². The smallest absolute Gasteiger partial charge is 0.300 e. The van der Waals surface area contributed by atoms with Crippen LogP contribution in [0.3, 0.4) is 0 Å². The molecule has 0 aromatic carbocycles. The standard InChI is InChI=1S/C21H28O2.C2H4O2/c1-13(22)17-6-7-18-16-5-4-14-12-15(23)8-10-20(14,2)19(16)9-11-21(17,18)3;1-2(3)4/h4-5,12,16-19H,6-11H2,1-3H3;1H3,(H,3,4)/t16-,17+,18-,19-,20-,21+;/m0./s1. The first-order chi connectivity index (χ1) is 12.6. The molecule has 0 bridgehead atoms. The van der Waals surface area contributed by atoms with Crippen molar-refractivity contribution >= 4 is 17.5 Å². The first kappa shape index (κ1) is 20.0.